The number of nitrogens with zero attached hydrogens (tertiary/aromatic N) is 1. The molecule has 4 atom stereocenters. The van der Waals surface area contributed by atoms with Crippen molar-refractivity contribution < 1.29 is 14.1 Å². The van der Waals surface area contributed by atoms with Gasteiger partial charge in [-0.1, -0.05) is 6.42 Å². The minimum absolute atomic E-state index is 0.00621. The Bertz CT molecular complexity index is 539. The van der Waals surface area contributed by atoms with Crippen LogP contribution in [0.3, 0.4) is 0 Å². The van der Waals surface area contributed by atoms with Gasteiger partial charge in [0, 0.05) is 6.04 Å². The highest BCUT2D eigenvalue weighted by atomic mass is 16.6. The zero-order valence-electron chi connectivity index (χ0n) is 11.4. The molecule has 6 nitrogen and oxygen atoms in total. The molecule has 0 aliphatic heterocycles. The zero-order valence-corrected chi connectivity index (χ0v) is 11.4. The van der Waals surface area contributed by atoms with E-state index < -0.39 is 10.8 Å². The number of hydrogen-bond acceptors (Lipinski definition) is 4. The van der Waals surface area contributed by atoms with Crippen LogP contribution in [0.1, 0.15) is 43.2 Å². The first-order valence-corrected chi connectivity index (χ1v) is 7.09. The lowest BCUT2D eigenvalue weighted by atomic mass is 9.84. The normalized spacial score (nSPS) is 29.4. The molecule has 6 heteroatoms. The number of nitrogens with one attached hydrogen (secondary N) is 1. The van der Waals surface area contributed by atoms with Crippen molar-refractivity contribution in [1.82, 2.24) is 5.32 Å². The second-order valence-corrected chi connectivity index (χ2v) is 6.00. The van der Waals surface area contributed by atoms with E-state index in [1.54, 1.807) is 0 Å². The second-order valence-electron chi connectivity index (χ2n) is 6.00. The summed E-state index contributed by atoms with van der Waals surface area (Å²) in [6.07, 6.45) is 5.06. The fourth-order valence-corrected chi connectivity index (χ4v) is 3.84. The van der Waals surface area contributed by atoms with E-state index in [0.29, 0.717) is 5.92 Å². The fourth-order valence-electron chi connectivity index (χ4n) is 3.84. The Balaban J connectivity index is 1.62. The maximum atomic E-state index is 12.0. The predicted molar refractivity (Wildman–Crippen MR) is 71.2 cm³/mol. The number of rotatable bonds is 4. The van der Waals surface area contributed by atoms with Gasteiger partial charge in [0.25, 0.3) is 5.91 Å². The highest BCUT2D eigenvalue weighted by molar-refractivity contribution is 5.91. The molecule has 3 rings (SSSR count). The molecule has 1 heterocycles. The summed E-state index contributed by atoms with van der Waals surface area (Å²) >= 11 is 0. The number of fused-ring (bicyclic) bond motifs is 2. The molecule has 0 unspecified atom stereocenters. The van der Waals surface area contributed by atoms with Crippen molar-refractivity contribution in [1.29, 1.82) is 0 Å². The van der Waals surface area contributed by atoms with Gasteiger partial charge in [0.2, 0.25) is 0 Å². The summed E-state index contributed by atoms with van der Waals surface area (Å²) in [5.41, 5.74) is 0. The molecule has 2 fully saturated rings. The lowest BCUT2D eigenvalue weighted by molar-refractivity contribution is -0.402. The molecular formula is C14H18N2O4. The van der Waals surface area contributed by atoms with Crippen LogP contribution < -0.4 is 5.32 Å². The number of amides is 1. The van der Waals surface area contributed by atoms with Gasteiger partial charge in [0.05, 0.1) is 6.07 Å². The molecule has 2 aliphatic rings. The van der Waals surface area contributed by atoms with Crippen LogP contribution >= 0.6 is 0 Å². The molecule has 2 saturated carbocycles. The van der Waals surface area contributed by atoms with E-state index in [9.17, 15) is 14.9 Å². The van der Waals surface area contributed by atoms with E-state index in [1.165, 1.54) is 37.8 Å². The van der Waals surface area contributed by atoms with Gasteiger partial charge >= 0.3 is 5.88 Å². The molecule has 0 aromatic carbocycles. The lowest BCUT2D eigenvalue weighted by Gasteiger charge is -2.28. The third kappa shape index (κ3) is 2.30. The van der Waals surface area contributed by atoms with Gasteiger partial charge in [-0.25, -0.2) is 0 Å². The largest absolute Gasteiger partial charge is 0.433 e. The third-order valence-electron chi connectivity index (χ3n) is 4.79. The number of carbonyl (C=O) groups excluding carboxylic acids is 1. The Kier molecular flexibility index (Phi) is 3.23. The lowest BCUT2D eigenvalue weighted by Crippen LogP contribution is -2.39. The van der Waals surface area contributed by atoms with Crippen LogP contribution in [0.5, 0.6) is 0 Å². The van der Waals surface area contributed by atoms with Crippen LogP contribution in [-0.2, 0) is 0 Å². The van der Waals surface area contributed by atoms with Crippen molar-refractivity contribution in [2.45, 2.75) is 38.6 Å². The van der Waals surface area contributed by atoms with Gasteiger partial charge < -0.3 is 9.73 Å². The number of hydrogen-bond donors (Lipinski definition) is 1. The Hall–Kier alpha value is -1.85. The van der Waals surface area contributed by atoms with E-state index in [0.717, 1.165) is 11.8 Å². The quantitative estimate of drug-likeness (QED) is 0.677. The first-order chi connectivity index (χ1) is 9.54. The monoisotopic (exact) mass is 278 g/mol. The Morgan fingerprint density at radius 3 is 2.80 bits per heavy atom. The minimum atomic E-state index is -0.643. The van der Waals surface area contributed by atoms with E-state index in [2.05, 4.69) is 5.32 Å². The van der Waals surface area contributed by atoms with E-state index in [1.807, 2.05) is 6.92 Å². The summed E-state index contributed by atoms with van der Waals surface area (Å²) in [6, 6.07) is 2.64. The molecule has 1 amide bonds. The highest BCUT2D eigenvalue weighted by Crippen LogP contribution is 2.49. The summed E-state index contributed by atoms with van der Waals surface area (Å²) in [6.45, 7) is 2.01. The van der Waals surface area contributed by atoms with Crippen LogP contribution in [-0.4, -0.2) is 16.9 Å². The van der Waals surface area contributed by atoms with Crippen LogP contribution in [0.2, 0.25) is 0 Å². The molecule has 0 radical (unpaired) electrons. The predicted octanol–water partition coefficient (Wildman–Crippen LogP) is 2.74. The fraction of sp³-hybridized carbons (Fsp3) is 0.643. The summed E-state index contributed by atoms with van der Waals surface area (Å²) in [5.74, 6) is 1.32. The minimum Gasteiger partial charge on any atom is -0.395 e. The zero-order chi connectivity index (χ0) is 14.3. The van der Waals surface area contributed by atoms with Gasteiger partial charge in [-0.05, 0) is 50.0 Å². The third-order valence-corrected chi connectivity index (χ3v) is 4.79. The molecule has 1 aromatic heterocycles. The van der Waals surface area contributed by atoms with Crippen molar-refractivity contribution >= 4 is 11.8 Å². The first-order valence-electron chi connectivity index (χ1n) is 7.09. The van der Waals surface area contributed by atoms with Crippen LogP contribution in [0, 0.1) is 27.9 Å². The molecule has 1 N–H and O–H groups in total. The average molecular weight is 278 g/mol. The standard InChI is InChI=1S/C14H18N2O4/c1-8(11-7-9-2-3-10(11)6-9)15-14(17)12-4-5-13(20-12)16(18)19/h4-5,8-11H,2-3,6-7H2,1H3,(H,15,17)/t8-,9-,10+,11-/m0/s1. The number of nitro groups is 1. The molecule has 20 heavy (non-hydrogen) atoms. The maximum Gasteiger partial charge on any atom is 0.433 e. The average Bonchev–Trinajstić information content (AvgIpc) is 3.14. The smallest absolute Gasteiger partial charge is 0.395 e. The maximum absolute atomic E-state index is 12.0. The number of carbonyl (C=O) groups is 1. The van der Waals surface area contributed by atoms with Crippen molar-refractivity contribution in [2.75, 3.05) is 0 Å². The molecule has 2 aliphatic carbocycles. The van der Waals surface area contributed by atoms with Crippen molar-refractivity contribution in [3.05, 3.63) is 28.0 Å². The van der Waals surface area contributed by atoms with Crippen molar-refractivity contribution in [3.63, 3.8) is 0 Å². The van der Waals surface area contributed by atoms with Crippen LogP contribution in [0.25, 0.3) is 0 Å². The van der Waals surface area contributed by atoms with Gasteiger partial charge in [0.1, 0.15) is 4.92 Å². The summed E-state index contributed by atoms with van der Waals surface area (Å²) in [5, 5.41) is 13.5. The Morgan fingerprint density at radius 2 is 2.25 bits per heavy atom. The van der Waals surface area contributed by atoms with Gasteiger partial charge in [-0.2, -0.15) is 0 Å². The number of furan rings is 1. The topological polar surface area (TPSA) is 85.4 Å². The summed E-state index contributed by atoms with van der Waals surface area (Å²) in [4.78, 5) is 21.9. The van der Waals surface area contributed by atoms with Crippen LogP contribution in [0.4, 0.5) is 5.88 Å². The molecule has 2 bridgehead atoms. The Labute approximate surface area is 116 Å². The van der Waals surface area contributed by atoms with E-state index >= 15 is 0 Å². The van der Waals surface area contributed by atoms with Crippen molar-refractivity contribution in [2.24, 2.45) is 17.8 Å². The van der Waals surface area contributed by atoms with Crippen molar-refractivity contribution in [3.8, 4) is 0 Å². The van der Waals surface area contributed by atoms with E-state index in [-0.39, 0.29) is 17.7 Å². The molecule has 108 valence electrons. The van der Waals surface area contributed by atoms with Crippen LogP contribution in [0.15, 0.2) is 16.5 Å². The summed E-state index contributed by atoms with van der Waals surface area (Å²) in [7, 11) is 0. The highest BCUT2D eigenvalue weighted by Gasteiger charge is 2.42. The molecule has 0 saturated heterocycles. The molecule has 0 spiro atoms. The van der Waals surface area contributed by atoms with Gasteiger partial charge in [0.15, 0.2) is 5.76 Å². The van der Waals surface area contributed by atoms with E-state index in [4.69, 9.17) is 4.42 Å². The summed E-state index contributed by atoms with van der Waals surface area (Å²) < 4.78 is 4.92. The SMILES string of the molecule is C[C@H](NC(=O)c1ccc([N+](=O)[O-])o1)[C@@H]1C[C@H]2CC[C@@H]1C2. The van der Waals surface area contributed by atoms with Gasteiger partial charge in [-0.3, -0.25) is 14.9 Å². The Morgan fingerprint density at radius 1 is 1.45 bits per heavy atom. The second kappa shape index (κ2) is 4.92. The molecule has 1 aromatic rings. The first kappa shape index (κ1) is 13.1. The van der Waals surface area contributed by atoms with Gasteiger partial charge in [-0.15, -0.1) is 0 Å². The molecular weight excluding hydrogens is 260 g/mol.